The van der Waals surface area contributed by atoms with Gasteiger partial charge in [0.2, 0.25) is 5.91 Å². The van der Waals surface area contributed by atoms with E-state index < -0.39 is 0 Å². The Balaban J connectivity index is 0.00000264. The predicted octanol–water partition coefficient (Wildman–Crippen LogP) is 3.43. The average Bonchev–Trinajstić information content (AvgIpc) is 3.01. The standard InChI is InChI=1S/C17H26ClN3O.ClH/c1-3-20(11-12-21-9-4-5-10-21)13-16(22)19-17-14(2)7-6-8-15(17)18;/h6-8H,3-5,9-13H2,1-2H3,(H,19,22);1H. The minimum atomic E-state index is -0.000489. The van der Waals surface area contributed by atoms with Gasteiger partial charge in [-0.25, -0.2) is 0 Å². The molecule has 0 aromatic heterocycles. The topological polar surface area (TPSA) is 35.6 Å². The molecule has 0 saturated carbocycles. The number of para-hydroxylation sites is 1. The van der Waals surface area contributed by atoms with Crippen molar-refractivity contribution in [3.05, 3.63) is 28.8 Å². The van der Waals surface area contributed by atoms with Gasteiger partial charge in [0.1, 0.15) is 0 Å². The summed E-state index contributed by atoms with van der Waals surface area (Å²) in [6.45, 7) is 9.71. The largest absolute Gasteiger partial charge is 0.323 e. The van der Waals surface area contributed by atoms with Crippen molar-refractivity contribution in [3.63, 3.8) is 0 Å². The number of halogens is 2. The Morgan fingerprint density at radius 1 is 1.35 bits per heavy atom. The maximum absolute atomic E-state index is 12.3. The number of nitrogens with one attached hydrogen (secondary N) is 1. The number of benzene rings is 1. The molecule has 1 aliphatic rings. The lowest BCUT2D eigenvalue weighted by atomic mass is 10.2. The van der Waals surface area contributed by atoms with Crippen molar-refractivity contribution >= 4 is 35.6 Å². The molecule has 0 atom stereocenters. The Morgan fingerprint density at radius 3 is 2.65 bits per heavy atom. The number of likely N-dealkylation sites (N-methyl/N-ethyl adjacent to an activating group) is 1. The Labute approximate surface area is 150 Å². The van der Waals surface area contributed by atoms with Crippen LogP contribution in [0.2, 0.25) is 5.02 Å². The number of nitrogens with zero attached hydrogens (tertiary/aromatic N) is 2. The number of rotatable bonds is 7. The summed E-state index contributed by atoms with van der Waals surface area (Å²) in [5.74, 6) is -0.000489. The second kappa shape index (κ2) is 10.1. The van der Waals surface area contributed by atoms with Crippen LogP contribution < -0.4 is 5.32 Å². The van der Waals surface area contributed by atoms with E-state index in [4.69, 9.17) is 11.6 Å². The van der Waals surface area contributed by atoms with E-state index in [1.54, 1.807) is 6.07 Å². The summed E-state index contributed by atoms with van der Waals surface area (Å²) in [5.41, 5.74) is 1.71. The van der Waals surface area contributed by atoms with Gasteiger partial charge in [0.05, 0.1) is 17.3 Å². The van der Waals surface area contributed by atoms with Crippen molar-refractivity contribution in [1.82, 2.24) is 9.80 Å². The molecule has 1 aromatic rings. The zero-order valence-corrected chi connectivity index (χ0v) is 15.6. The fourth-order valence-electron chi connectivity index (χ4n) is 2.81. The highest BCUT2D eigenvalue weighted by Gasteiger charge is 2.15. The number of hydrogen-bond acceptors (Lipinski definition) is 3. The normalized spacial score (nSPS) is 14.8. The van der Waals surface area contributed by atoms with Crippen LogP contribution >= 0.6 is 24.0 Å². The fourth-order valence-corrected chi connectivity index (χ4v) is 3.08. The molecule has 1 fully saturated rings. The second-order valence-corrected chi connectivity index (χ2v) is 6.30. The molecule has 2 rings (SSSR count). The van der Waals surface area contributed by atoms with Crippen LogP contribution in [-0.4, -0.2) is 55.0 Å². The third kappa shape index (κ3) is 6.30. The van der Waals surface area contributed by atoms with E-state index in [-0.39, 0.29) is 18.3 Å². The number of likely N-dealkylation sites (tertiary alicyclic amines) is 1. The highest BCUT2D eigenvalue weighted by atomic mass is 35.5. The zero-order chi connectivity index (χ0) is 15.9. The van der Waals surface area contributed by atoms with E-state index in [1.807, 2.05) is 19.1 Å². The van der Waals surface area contributed by atoms with Crippen LogP contribution in [0.4, 0.5) is 5.69 Å². The van der Waals surface area contributed by atoms with Crippen LogP contribution in [0.15, 0.2) is 18.2 Å². The van der Waals surface area contributed by atoms with Crippen molar-refractivity contribution in [1.29, 1.82) is 0 Å². The van der Waals surface area contributed by atoms with E-state index in [0.29, 0.717) is 11.6 Å². The van der Waals surface area contributed by atoms with Crippen molar-refractivity contribution in [2.45, 2.75) is 26.7 Å². The second-order valence-electron chi connectivity index (χ2n) is 5.90. The lowest BCUT2D eigenvalue weighted by molar-refractivity contribution is -0.117. The predicted molar refractivity (Wildman–Crippen MR) is 99.9 cm³/mol. The first kappa shape index (κ1) is 20.2. The molecular weight excluding hydrogens is 333 g/mol. The lowest BCUT2D eigenvalue weighted by Crippen LogP contribution is -2.38. The van der Waals surface area contributed by atoms with Crippen LogP contribution in [0.25, 0.3) is 0 Å². The first-order chi connectivity index (χ1) is 10.6. The summed E-state index contributed by atoms with van der Waals surface area (Å²) in [6.07, 6.45) is 2.61. The highest BCUT2D eigenvalue weighted by molar-refractivity contribution is 6.33. The third-order valence-electron chi connectivity index (χ3n) is 4.23. The smallest absolute Gasteiger partial charge is 0.238 e. The van der Waals surface area contributed by atoms with Crippen molar-refractivity contribution in [2.75, 3.05) is 44.6 Å². The molecule has 0 aliphatic carbocycles. The van der Waals surface area contributed by atoms with E-state index >= 15 is 0 Å². The Morgan fingerprint density at radius 2 is 2.04 bits per heavy atom. The molecule has 6 heteroatoms. The van der Waals surface area contributed by atoms with E-state index in [9.17, 15) is 4.79 Å². The third-order valence-corrected chi connectivity index (χ3v) is 4.55. The molecule has 0 unspecified atom stereocenters. The quantitative estimate of drug-likeness (QED) is 0.809. The average molecular weight is 360 g/mol. The van der Waals surface area contributed by atoms with Gasteiger partial charge in [-0.2, -0.15) is 0 Å². The highest BCUT2D eigenvalue weighted by Crippen LogP contribution is 2.25. The summed E-state index contributed by atoms with van der Waals surface area (Å²) < 4.78 is 0. The van der Waals surface area contributed by atoms with Gasteiger partial charge in [0.15, 0.2) is 0 Å². The Hall–Kier alpha value is -0.810. The molecule has 1 aliphatic heterocycles. The number of carbonyl (C=O) groups excluding carboxylic acids is 1. The molecule has 4 nitrogen and oxygen atoms in total. The number of carbonyl (C=O) groups is 1. The van der Waals surface area contributed by atoms with Crippen LogP contribution in [0.3, 0.4) is 0 Å². The van der Waals surface area contributed by atoms with Gasteiger partial charge in [-0.1, -0.05) is 30.7 Å². The van der Waals surface area contributed by atoms with Crippen LogP contribution in [0, 0.1) is 6.92 Å². The van der Waals surface area contributed by atoms with E-state index in [0.717, 1.165) is 30.9 Å². The van der Waals surface area contributed by atoms with Crippen molar-refractivity contribution in [2.24, 2.45) is 0 Å². The molecule has 0 bridgehead atoms. The first-order valence-corrected chi connectivity index (χ1v) is 8.47. The van der Waals surface area contributed by atoms with Gasteiger partial charge in [0, 0.05) is 13.1 Å². The number of anilines is 1. The van der Waals surface area contributed by atoms with Crippen LogP contribution in [0.5, 0.6) is 0 Å². The summed E-state index contributed by atoms with van der Waals surface area (Å²) >= 11 is 6.16. The minimum absolute atomic E-state index is 0. The molecule has 0 spiro atoms. The number of amides is 1. The molecule has 1 N–H and O–H groups in total. The van der Waals surface area contributed by atoms with Crippen LogP contribution in [-0.2, 0) is 4.79 Å². The molecule has 1 heterocycles. The molecule has 130 valence electrons. The molecule has 1 aromatic carbocycles. The van der Waals surface area contributed by atoms with E-state index in [1.165, 1.54) is 25.9 Å². The summed E-state index contributed by atoms with van der Waals surface area (Å²) in [6, 6.07) is 5.64. The van der Waals surface area contributed by atoms with E-state index in [2.05, 4.69) is 22.0 Å². The number of aryl methyl sites for hydroxylation is 1. The van der Waals surface area contributed by atoms with Crippen molar-refractivity contribution < 1.29 is 4.79 Å². The van der Waals surface area contributed by atoms with Gasteiger partial charge in [0.25, 0.3) is 0 Å². The van der Waals surface area contributed by atoms with Crippen molar-refractivity contribution in [3.8, 4) is 0 Å². The molecular formula is C17H27Cl2N3O. The Bertz CT molecular complexity index is 484. The van der Waals surface area contributed by atoms with Gasteiger partial charge in [-0.3, -0.25) is 9.69 Å². The van der Waals surface area contributed by atoms with Crippen LogP contribution in [0.1, 0.15) is 25.3 Å². The zero-order valence-electron chi connectivity index (χ0n) is 14.0. The molecule has 23 heavy (non-hydrogen) atoms. The monoisotopic (exact) mass is 359 g/mol. The molecule has 0 radical (unpaired) electrons. The van der Waals surface area contributed by atoms with Gasteiger partial charge in [-0.05, 0) is 51.0 Å². The minimum Gasteiger partial charge on any atom is -0.323 e. The Kier molecular flexibility index (Phi) is 8.92. The lowest BCUT2D eigenvalue weighted by Gasteiger charge is -2.23. The first-order valence-electron chi connectivity index (χ1n) is 8.10. The number of hydrogen-bond donors (Lipinski definition) is 1. The summed E-state index contributed by atoms with van der Waals surface area (Å²) in [7, 11) is 0. The summed E-state index contributed by atoms with van der Waals surface area (Å²) in [4.78, 5) is 16.9. The SMILES string of the molecule is CCN(CCN1CCCC1)CC(=O)Nc1c(C)cccc1Cl.Cl. The summed E-state index contributed by atoms with van der Waals surface area (Å²) in [5, 5.41) is 3.54. The maximum Gasteiger partial charge on any atom is 0.238 e. The van der Waals surface area contributed by atoms with Gasteiger partial charge >= 0.3 is 0 Å². The molecule has 1 amide bonds. The van der Waals surface area contributed by atoms with Gasteiger partial charge in [-0.15, -0.1) is 12.4 Å². The maximum atomic E-state index is 12.3. The van der Waals surface area contributed by atoms with Gasteiger partial charge < -0.3 is 10.2 Å². The fraction of sp³-hybridized carbons (Fsp3) is 0.588. The molecule has 1 saturated heterocycles.